The predicted octanol–water partition coefficient (Wildman–Crippen LogP) is -1.53. The lowest BCUT2D eigenvalue weighted by molar-refractivity contribution is -0.269. The Morgan fingerprint density at radius 1 is 1.33 bits per heavy atom. The summed E-state index contributed by atoms with van der Waals surface area (Å²) >= 11 is 0. The summed E-state index contributed by atoms with van der Waals surface area (Å²) in [6.45, 7) is 1.70. The molecule has 0 radical (unpaired) electrons. The molecule has 0 bridgehead atoms. The van der Waals surface area contributed by atoms with Gasteiger partial charge in [0.25, 0.3) is 0 Å². The maximum absolute atomic E-state index is 9.59. The normalized spacial score (nSPS) is 41.2. The molecule has 0 aromatic heterocycles. The fraction of sp³-hybridized carbons (Fsp3) is 1.00. The van der Waals surface area contributed by atoms with Crippen molar-refractivity contribution in [3.05, 3.63) is 0 Å². The minimum absolute atomic E-state index is 0.117. The molecule has 1 aliphatic heterocycles. The molecule has 2 atom stereocenters. The van der Waals surface area contributed by atoms with Crippen molar-refractivity contribution in [2.75, 3.05) is 0 Å². The highest BCUT2D eigenvalue weighted by molar-refractivity contribution is 4.88. The predicted molar refractivity (Wildman–Crippen MR) is 40.8 cm³/mol. The standard InChI is InChI=1S/C7H15NO4/c1-2-6(10)3-5(9)4-7(11,12)8-6/h5,8-12H,2-4H2,1H3. The van der Waals surface area contributed by atoms with Crippen LogP contribution in [0.3, 0.4) is 0 Å². The highest BCUT2D eigenvalue weighted by atomic mass is 16.5. The molecule has 1 fully saturated rings. The average Bonchev–Trinajstić information content (AvgIpc) is 1.82. The van der Waals surface area contributed by atoms with Crippen molar-refractivity contribution in [1.82, 2.24) is 5.32 Å². The molecule has 12 heavy (non-hydrogen) atoms. The van der Waals surface area contributed by atoms with Crippen LogP contribution in [0.5, 0.6) is 0 Å². The quantitative estimate of drug-likeness (QED) is 0.313. The van der Waals surface area contributed by atoms with Crippen LogP contribution in [0.15, 0.2) is 0 Å². The fourth-order valence-electron chi connectivity index (χ4n) is 1.50. The molecule has 1 rings (SSSR count). The van der Waals surface area contributed by atoms with Gasteiger partial charge in [0.05, 0.1) is 6.10 Å². The number of nitrogens with one attached hydrogen (secondary N) is 1. The summed E-state index contributed by atoms with van der Waals surface area (Å²) in [5, 5.41) is 39.3. The van der Waals surface area contributed by atoms with Crippen LogP contribution in [0.2, 0.25) is 0 Å². The third-order valence-electron chi connectivity index (χ3n) is 2.11. The first-order valence-electron chi connectivity index (χ1n) is 4.01. The molecule has 0 amide bonds. The van der Waals surface area contributed by atoms with Gasteiger partial charge in [-0.15, -0.1) is 0 Å². The molecule has 5 nitrogen and oxygen atoms in total. The Morgan fingerprint density at radius 3 is 2.33 bits per heavy atom. The minimum Gasteiger partial charge on any atom is -0.393 e. The second-order valence-electron chi connectivity index (χ2n) is 3.39. The number of aliphatic hydroxyl groups excluding tert-OH is 1. The topological polar surface area (TPSA) is 93.0 Å². The highest BCUT2D eigenvalue weighted by Crippen LogP contribution is 2.26. The lowest BCUT2D eigenvalue weighted by atomic mass is 9.94. The second-order valence-corrected chi connectivity index (χ2v) is 3.39. The van der Waals surface area contributed by atoms with E-state index < -0.39 is 17.7 Å². The first kappa shape index (κ1) is 9.88. The van der Waals surface area contributed by atoms with E-state index in [1.54, 1.807) is 6.92 Å². The summed E-state index contributed by atoms with van der Waals surface area (Å²) in [6.07, 6.45) is -0.638. The Hall–Kier alpha value is -0.200. The molecule has 72 valence electrons. The van der Waals surface area contributed by atoms with Gasteiger partial charge in [0.1, 0.15) is 5.72 Å². The smallest absolute Gasteiger partial charge is 0.227 e. The maximum atomic E-state index is 9.59. The van der Waals surface area contributed by atoms with E-state index in [1.165, 1.54) is 0 Å². The molecule has 5 heteroatoms. The molecule has 1 saturated heterocycles. The lowest BCUT2D eigenvalue weighted by Crippen LogP contribution is -2.64. The van der Waals surface area contributed by atoms with Crippen LogP contribution in [-0.2, 0) is 0 Å². The molecule has 0 aliphatic carbocycles. The van der Waals surface area contributed by atoms with Gasteiger partial charge in [-0.05, 0) is 6.42 Å². The van der Waals surface area contributed by atoms with Gasteiger partial charge in [-0.3, -0.25) is 0 Å². The Kier molecular flexibility index (Phi) is 2.42. The van der Waals surface area contributed by atoms with Gasteiger partial charge in [-0.25, -0.2) is 5.32 Å². The lowest BCUT2D eigenvalue weighted by Gasteiger charge is -2.42. The van der Waals surface area contributed by atoms with Crippen molar-refractivity contribution < 1.29 is 20.4 Å². The molecule has 0 aromatic rings. The van der Waals surface area contributed by atoms with Crippen molar-refractivity contribution in [3.63, 3.8) is 0 Å². The Morgan fingerprint density at radius 2 is 1.92 bits per heavy atom. The van der Waals surface area contributed by atoms with Crippen LogP contribution in [-0.4, -0.2) is 38.2 Å². The van der Waals surface area contributed by atoms with E-state index in [0.717, 1.165) is 0 Å². The maximum Gasteiger partial charge on any atom is 0.227 e. The van der Waals surface area contributed by atoms with Crippen molar-refractivity contribution in [1.29, 1.82) is 0 Å². The van der Waals surface area contributed by atoms with Crippen LogP contribution in [0.1, 0.15) is 26.2 Å². The molecular formula is C7H15NO4. The van der Waals surface area contributed by atoms with Crippen LogP contribution in [0.25, 0.3) is 0 Å². The van der Waals surface area contributed by atoms with Gasteiger partial charge in [-0.2, -0.15) is 0 Å². The summed E-state index contributed by atoms with van der Waals surface area (Å²) in [6, 6.07) is 0. The summed E-state index contributed by atoms with van der Waals surface area (Å²) < 4.78 is 0. The van der Waals surface area contributed by atoms with E-state index in [0.29, 0.717) is 6.42 Å². The van der Waals surface area contributed by atoms with E-state index in [4.69, 9.17) is 10.2 Å². The van der Waals surface area contributed by atoms with E-state index in [-0.39, 0.29) is 12.8 Å². The van der Waals surface area contributed by atoms with E-state index >= 15 is 0 Å². The first-order valence-corrected chi connectivity index (χ1v) is 4.01. The van der Waals surface area contributed by atoms with Crippen molar-refractivity contribution in [2.45, 2.75) is 43.9 Å². The van der Waals surface area contributed by atoms with Gasteiger partial charge in [0.15, 0.2) is 0 Å². The van der Waals surface area contributed by atoms with Crippen molar-refractivity contribution in [2.24, 2.45) is 0 Å². The van der Waals surface area contributed by atoms with Crippen LogP contribution < -0.4 is 5.32 Å². The largest absolute Gasteiger partial charge is 0.393 e. The molecule has 5 N–H and O–H groups in total. The Balaban J connectivity index is 2.70. The minimum atomic E-state index is -2.16. The monoisotopic (exact) mass is 177 g/mol. The van der Waals surface area contributed by atoms with Crippen LogP contribution in [0.4, 0.5) is 0 Å². The third kappa shape index (κ3) is 2.15. The molecule has 1 aliphatic rings. The average molecular weight is 177 g/mol. The van der Waals surface area contributed by atoms with E-state index in [9.17, 15) is 10.2 Å². The van der Waals surface area contributed by atoms with Crippen molar-refractivity contribution in [3.8, 4) is 0 Å². The van der Waals surface area contributed by atoms with Crippen molar-refractivity contribution >= 4 is 0 Å². The third-order valence-corrected chi connectivity index (χ3v) is 2.11. The molecule has 0 aromatic carbocycles. The van der Waals surface area contributed by atoms with E-state index in [2.05, 4.69) is 5.32 Å². The van der Waals surface area contributed by atoms with Gasteiger partial charge < -0.3 is 20.4 Å². The zero-order valence-corrected chi connectivity index (χ0v) is 6.99. The number of hydrogen-bond donors (Lipinski definition) is 5. The summed E-state index contributed by atoms with van der Waals surface area (Å²) in [7, 11) is 0. The molecule has 0 spiro atoms. The van der Waals surface area contributed by atoms with Crippen LogP contribution >= 0.6 is 0 Å². The summed E-state index contributed by atoms with van der Waals surface area (Å²) in [5.74, 6) is -2.16. The zero-order chi connectivity index (χ0) is 9.41. The van der Waals surface area contributed by atoms with Crippen LogP contribution in [0, 0.1) is 0 Å². The number of rotatable bonds is 1. The molecule has 1 heterocycles. The SMILES string of the molecule is CCC1(O)CC(O)CC(O)(O)N1. The van der Waals surface area contributed by atoms with Gasteiger partial charge in [0.2, 0.25) is 5.91 Å². The van der Waals surface area contributed by atoms with E-state index in [1.807, 2.05) is 0 Å². The molecule has 0 saturated carbocycles. The van der Waals surface area contributed by atoms with Gasteiger partial charge in [0, 0.05) is 12.8 Å². The summed E-state index contributed by atoms with van der Waals surface area (Å²) in [5.41, 5.74) is -1.37. The number of piperidine rings is 1. The highest BCUT2D eigenvalue weighted by Gasteiger charge is 2.43. The van der Waals surface area contributed by atoms with Gasteiger partial charge >= 0.3 is 0 Å². The molecular weight excluding hydrogens is 162 g/mol. The first-order chi connectivity index (χ1) is 5.37. The second kappa shape index (κ2) is 2.93. The number of aliphatic hydroxyl groups is 4. The fourth-order valence-corrected chi connectivity index (χ4v) is 1.50. The summed E-state index contributed by atoms with van der Waals surface area (Å²) in [4.78, 5) is 0. The Bertz CT molecular complexity index is 173. The zero-order valence-electron chi connectivity index (χ0n) is 6.99. The number of hydrogen-bond acceptors (Lipinski definition) is 5. The molecule has 2 unspecified atom stereocenters. The Labute approximate surface area is 70.6 Å². The van der Waals surface area contributed by atoms with Gasteiger partial charge in [-0.1, -0.05) is 6.92 Å².